The summed E-state index contributed by atoms with van der Waals surface area (Å²) in [6, 6.07) is 6.40. The second-order valence-electron chi connectivity index (χ2n) is 4.48. The highest BCUT2D eigenvalue weighted by Gasteiger charge is 2.14. The normalized spacial score (nSPS) is 11.4. The molecule has 124 valence electrons. The summed E-state index contributed by atoms with van der Waals surface area (Å²) in [6.45, 7) is 2.50. The van der Waals surface area contributed by atoms with E-state index in [1.807, 2.05) is 6.92 Å². The van der Waals surface area contributed by atoms with Gasteiger partial charge in [0.15, 0.2) is 0 Å². The standard InChI is InChI=1S/C14H21NO6S/c1-12-3-5-13(6-4-12)22(17,18)21-10-9-20-8-7-15-14(16)11-19-2/h3-6H,7-11H2,1-2H3,(H,15,16). The molecular weight excluding hydrogens is 310 g/mol. The van der Waals surface area contributed by atoms with Gasteiger partial charge in [0.1, 0.15) is 6.61 Å². The molecule has 1 amide bonds. The van der Waals surface area contributed by atoms with Crippen molar-refractivity contribution in [1.29, 1.82) is 0 Å². The number of carbonyl (C=O) groups excluding carboxylic acids is 1. The predicted molar refractivity (Wildman–Crippen MR) is 80.0 cm³/mol. The van der Waals surface area contributed by atoms with Gasteiger partial charge in [0.25, 0.3) is 10.1 Å². The molecule has 1 aromatic carbocycles. The van der Waals surface area contributed by atoms with Crippen molar-refractivity contribution in [3.63, 3.8) is 0 Å². The van der Waals surface area contributed by atoms with Crippen LogP contribution in [-0.2, 0) is 28.6 Å². The first-order chi connectivity index (χ1) is 10.5. The molecule has 0 saturated heterocycles. The van der Waals surface area contributed by atoms with Crippen molar-refractivity contribution in [2.45, 2.75) is 11.8 Å². The van der Waals surface area contributed by atoms with E-state index in [1.54, 1.807) is 12.1 Å². The Labute approximate surface area is 130 Å². The van der Waals surface area contributed by atoms with Gasteiger partial charge in [0.05, 0.1) is 24.7 Å². The molecule has 8 heteroatoms. The largest absolute Gasteiger partial charge is 0.377 e. The van der Waals surface area contributed by atoms with Gasteiger partial charge in [-0.3, -0.25) is 8.98 Å². The fourth-order valence-corrected chi connectivity index (χ4v) is 2.42. The van der Waals surface area contributed by atoms with Crippen LogP contribution in [0.15, 0.2) is 29.2 Å². The highest BCUT2D eigenvalue weighted by molar-refractivity contribution is 7.86. The average Bonchev–Trinajstić information content (AvgIpc) is 2.47. The Balaban J connectivity index is 2.18. The Morgan fingerprint density at radius 1 is 1.14 bits per heavy atom. The van der Waals surface area contributed by atoms with Crippen LogP contribution in [0.5, 0.6) is 0 Å². The molecule has 7 nitrogen and oxygen atoms in total. The monoisotopic (exact) mass is 331 g/mol. The lowest BCUT2D eigenvalue weighted by Gasteiger charge is -2.07. The molecule has 0 aliphatic heterocycles. The lowest BCUT2D eigenvalue weighted by Crippen LogP contribution is -2.30. The summed E-state index contributed by atoms with van der Waals surface area (Å²) in [7, 11) is -2.32. The molecule has 0 aromatic heterocycles. The minimum Gasteiger partial charge on any atom is -0.377 e. The van der Waals surface area contributed by atoms with Gasteiger partial charge in [-0.2, -0.15) is 8.42 Å². The van der Waals surface area contributed by atoms with Gasteiger partial charge in [-0.15, -0.1) is 0 Å². The van der Waals surface area contributed by atoms with Crippen molar-refractivity contribution in [2.75, 3.05) is 40.1 Å². The van der Waals surface area contributed by atoms with Crippen LogP contribution in [0.1, 0.15) is 5.56 Å². The number of aryl methyl sites for hydroxylation is 1. The second kappa shape index (κ2) is 9.52. The van der Waals surface area contributed by atoms with Crippen LogP contribution in [-0.4, -0.2) is 54.4 Å². The quantitative estimate of drug-likeness (QED) is 0.495. The van der Waals surface area contributed by atoms with Gasteiger partial charge in [-0.1, -0.05) is 17.7 Å². The molecule has 0 atom stereocenters. The van der Waals surface area contributed by atoms with Gasteiger partial charge in [-0.25, -0.2) is 0 Å². The summed E-state index contributed by atoms with van der Waals surface area (Å²) in [6.07, 6.45) is 0. The molecule has 1 rings (SSSR count). The van der Waals surface area contributed by atoms with Gasteiger partial charge in [0, 0.05) is 13.7 Å². The highest BCUT2D eigenvalue weighted by atomic mass is 32.2. The van der Waals surface area contributed by atoms with Gasteiger partial charge >= 0.3 is 0 Å². The fraction of sp³-hybridized carbons (Fsp3) is 0.500. The Bertz CT molecular complexity index is 555. The first-order valence-electron chi connectivity index (χ1n) is 6.75. The lowest BCUT2D eigenvalue weighted by molar-refractivity contribution is -0.124. The van der Waals surface area contributed by atoms with E-state index in [0.29, 0.717) is 6.54 Å². The number of hydrogen-bond donors (Lipinski definition) is 1. The maximum Gasteiger partial charge on any atom is 0.297 e. The Hall–Kier alpha value is -1.48. The van der Waals surface area contributed by atoms with Crippen LogP contribution in [0.2, 0.25) is 0 Å². The number of carbonyl (C=O) groups is 1. The molecular formula is C14H21NO6S. The number of methoxy groups -OCH3 is 1. The van der Waals surface area contributed by atoms with Crippen LogP contribution in [0.4, 0.5) is 0 Å². The number of nitrogens with one attached hydrogen (secondary N) is 1. The summed E-state index contributed by atoms with van der Waals surface area (Å²) in [4.78, 5) is 11.2. The van der Waals surface area contributed by atoms with Crippen molar-refractivity contribution in [3.05, 3.63) is 29.8 Å². The number of ether oxygens (including phenoxy) is 2. The van der Waals surface area contributed by atoms with Crippen molar-refractivity contribution >= 4 is 16.0 Å². The predicted octanol–water partition coefficient (Wildman–Crippen LogP) is 0.480. The molecule has 0 fully saturated rings. The molecule has 1 aromatic rings. The fourth-order valence-electron chi connectivity index (χ4n) is 1.52. The molecule has 0 saturated carbocycles. The number of benzene rings is 1. The van der Waals surface area contributed by atoms with Crippen molar-refractivity contribution in [1.82, 2.24) is 5.32 Å². The Morgan fingerprint density at radius 3 is 2.45 bits per heavy atom. The molecule has 0 unspecified atom stereocenters. The van der Waals surface area contributed by atoms with Crippen molar-refractivity contribution in [2.24, 2.45) is 0 Å². The van der Waals surface area contributed by atoms with E-state index in [-0.39, 0.29) is 37.2 Å². The maximum atomic E-state index is 11.8. The molecule has 0 spiro atoms. The average molecular weight is 331 g/mol. The topological polar surface area (TPSA) is 90.9 Å². The van der Waals surface area contributed by atoms with E-state index < -0.39 is 10.1 Å². The van der Waals surface area contributed by atoms with Crippen LogP contribution >= 0.6 is 0 Å². The minimum atomic E-state index is -3.76. The summed E-state index contributed by atoms with van der Waals surface area (Å²) in [5, 5.41) is 2.57. The minimum absolute atomic E-state index is 0.00208. The zero-order valence-electron chi connectivity index (χ0n) is 12.7. The maximum absolute atomic E-state index is 11.8. The Morgan fingerprint density at radius 2 is 1.82 bits per heavy atom. The van der Waals surface area contributed by atoms with Gasteiger partial charge in [0.2, 0.25) is 5.91 Å². The van der Waals surface area contributed by atoms with E-state index in [2.05, 4.69) is 10.1 Å². The van der Waals surface area contributed by atoms with E-state index in [4.69, 9.17) is 8.92 Å². The first kappa shape index (κ1) is 18.6. The van der Waals surface area contributed by atoms with E-state index >= 15 is 0 Å². The summed E-state index contributed by atoms with van der Waals surface area (Å²) < 4.78 is 38.4. The van der Waals surface area contributed by atoms with Crippen LogP contribution in [0.25, 0.3) is 0 Å². The summed E-state index contributed by atoms with van der Waals surface area (Å²) >= 11 is 0. The van der Waals surface area contributed by atoms with E-state index in [0.717, 1.165) is 5.56 Å². The van der Waals surface area contributed by atoms with Crippen LogP contribution in [0.3, 0.4) is 0 Å². The first-order valence-corrected chi connectivity index (χ1v) is 8.16. The van der Waals surface area contributed by atoms with Crippen LogP contribution < -0.4 is 5.32 Å². The van der Waals surface area contributed by atoms with Gasteiger partial charge in [-0.05, 0) is 19.1 Å². The number of amides is 1. The summed E-state index contributed by atoms with van der Waals surface area (Å²) in [5.41, 5.74) is 0.970. The van der Waals surface area contributed by atoms with E-state index in [1.165, 1.54) is 19.2 Å². The third-order valence-corrected chi connectivity index (χ3v) is 3.95. The molecule has 1 N–H and O–H groups in total. The molecule has 0 aliphatic carbocycles. The molecule has 0 heterocycles. The van der Waals surface area contributed by atoms with Crippen molar-refractivity contribution in [3.8, 4) is 0 Å². The van der Waals surface area contributed by atoms with Gasteiger partial charge < -0.3 is 14.8 Å². The smallest absolute Gasteiger partial charge is 0.297 e. The lowest BCUT2D eigenvalue weighted by atomic mass is 10.2. The highest BCUT2D eigenvalue weighted by Crippen LogP contribution is 2.12. The van der Waals surface area contributed by atoms with Crippen LogP contribution in [0, 0.1) is 6.92 Å². The summed E-state index contributed by atoms with van der Waals surface area (Å²) in [5.74, 6) is -0.232. The van der Waals surface area contributed by atoms with Crippen molar-refractivity contribution < 1.29 is 26.9 Å². The third kappa shape index (κ3) is 6.99. The molecule has 0 bridgehead atoms. The molecule has 0 aliphatic rings. The zero-order valence-corrected chi connectivity index (χ0v) is 13.5. The Kier molecular flexibility index (Phi) is 8.03. The number of rotatable bonds is 10. The number of hydrogen-bond acceptors (Lipinski definition) is 6. The SMILES string of the molecule is COCC(=O)NCCOCCOS(=O)(=O)c1ccc(C)cc1. The molecule has 0 radical (unpaired) electrons. The third-order valence-electron chi connectivity index (χ3n) is 2.62. The van der Waals surface area contributed by atoms with E-state index in [9.17, 15) is 13.2 Å². The molecule has 22 heavy (non-hydrogen) atoms. The zero-order chi connectivity index (χ0) is 16.4. The second-order valence-corrected chi connectivity index (χ2v) is 6.10.